The van der Waals surface area contributed by atoms with Gasteiger partial charge < -0.3 is 15.2 Å². The van der Waals surface area contributed by atoms with Crippen LogP contribution in [0.5, 0.6) is 0 Å². The van der Waals surface area contributed by atoms with Crippen LogP contribution in [0.1, 0.15) is 32.6 Å². The lowest BCUT2D eigenvalue weighted by Crippen LogP contribution is -2.48. The predicted octanol–water partition coefficient (Wildman–Crippen LogP) is 0.577. The largest absolute Gasteiger partial charge is 0.389 e. The molecule has 114 valence electrons. The molecule has 0 spiro atoms. The van der Waals surface area contributed by atoms with Crippen LogP contribution in [-0.2, 0) is 14.6 Å². The minimum Gasteiger partial charge on any atom is -0.389 e. The van der Waals surface area contributed by atoms with Crippen molar-refractivity contribution in [2.45, 2.75) is 43.5 Å². The molecule has 0 aromatic rings. The average Bonchev–Trinajstić information content (AvgIpc) is 2.34. The van der Waals surface area contributed by atoms with Gasteiger partial charge >= 0.3 is 0 Å². The van der Waals surface area contributed by atoms with Crippen molar-refractivity contribution in [1.29, 1.82) is 0 Å². The Labute approximate surface area is 116 Å². The summed E-state index contributed by atoms with van der Waals surface area (Å²) in [7, 11) is -1.36. The number of aliphatic hydroxyl groups is 1. The van der Waals surface area contributed by atoms with Crippen molar-refractivity contribution in [2.75, 3.05) is 33.1 Å². The fourth-order valence-electron chi connectivity index (χ4n) is 2.76. The molecule has 0 aromatic carbocycles. The molecule has 0 heterocycles. The van der Waals surface area contributed by atoms with E-state index in [2.05, 4.69) is 5.32 Å². The van der Waals surface area contributed by atoms with Gasteiger partial charge in [0.2, 0.25) is 0 Å². The van der Waals surface area contributed by atoms with Crippen molar-refractivity contribution in [1.82, 2.24) is 5.32 Å². The molecule has 1 fully saturated rings. The molecule has 5 nitrogen and oxygen atoms in total. The normalized spacial score (nSPS) is 28.0. The SMILES string of the molecule is COCCNCC(C)(O)C1CCCC(S(C)(=O)=O)C1. The molecule has 0 radical (unpaired) electrons. The van der Waals surface area contributed by atoms with Gasteiger partial charge in [-0.1, -0.05) is 6.42 Å². The molecule has 1 rings (SSSR count). The minimum absolute atomic E-state index is 0.0380. The van der Waals surface area contributed by atoms with Crippen molar-refractivity contribution in [3.8, 4) is 0 Å². The van der Waals surface area contributed by atoms with Gasteiger partial charge in [0, 0.05) is 26.5 Å². The maximum atomic E-state index is 11.6. The van der Waals surface area contributed by atoms with E-state index in [0.29, 0.717) is 26.1 Å². The number of hydrogen-bond acceptors (Lipinski definition) is 5. The van der Waals surface area contributed by atoms with Gasteiger partial charge in [-0.3, -0.25) is 0 Å². The number of ether oxygens (including phenoxy) is 1. The molecule has 1 aliphatic rings. The quantitative estimate of drug-likeness (QED) is 0.672. The van der Waals surface area contributed by atoms with Gasteiger partial charge in [0.25, 0.3) is 0 Å². The predicted molar refractivity (Wildman–Crippen MR) is 76.0 cm³/mol. The molecule has 1 saturated carbocycles. The molecule has 3 unspecified atom stereocenters. The summed E-state index contributed by atoms with van der Waals surface area (Å²) in [6.45, 7) is 3.56. The van der Waals surface area contributed by atoms with Gasteiger partial charge in [-0.15, -0.1) is 0 Å². The van der Waals surface area contributed by atoms with Crippen LogP contribution in [0.3, 0.4) is 0 Å². The highest BCUT2D eigenvalue weighted by molar-refractivity contribution is 7.91. The molecular formula is C13H27NO4S. The van der Waals surface area contributed by atoms with Crippen LogP contribution < -0.4 is 5.32 Å². The molecular weight excluding hydrogens is 266 g/mol. The van der Waals surface area contributed by atoms with Gasteiger partial charge in [0.05, 0.1) is 17.5 Å². The fourth-order valence-corrected chi connectivity index (χ4v) is 3.94. The average molecular weight is 293 g/mol. The third-order valence-corrected chi connectivity index (χ3v) is 5.72. The summed E-state index contributed by atoms with van der Waals surface area (Å²) < 4.78 is 28.2. The first-order valence-corrected chi connectivity index (χ1v) is 8.83. The smallest absolute Gasteiger partial charge is 0.150 e. The Balaban J connectivity index is 2.52. The van der Waals surface area contributed by atoms with Gasteiger partial charge in [0.1, 0.15) is 9.84 Å². The van der Waals surface area contributed by atoms with E-state index in [0.717, 1.165) is 19.3 Å². The summed E-state index contributed by atoms with van der Waals surface area (Å²) in [6.07, 6.45) is 4.35. The third-order valence-electron chi connectivity index (χ3n) is 4.08. The molecule has 2 N–H and O–H groups in total. The number of hydrogen-bond donors (Lipinski definition) is 2. The van der Waals surface area contributed by atoms with Gasteiger partial charge in [-0.25, -0.2) is 8.42 Å². The lowest BCUT2D eigenvalue weighted by molar-refractivity contribution is -0.0152. The number of rotatable bonds is 7. The summed E-state index contributed by atoms with van der Waals surface area (Å²) in [5, 5.41) is 13.4. The standard InChI is InChI=1S/C13H27NO4S/c1-13(15,10-14-7-8-18-2)11-5-4-6-12(9-11)19(3,16)17/h11-12,14-15H,4-10H2,1-3H3. The maximum absolute atomic E-state index is 11.6. The zero-order chi connectivity index (χ0) is 14.5. The summed E-state index contributed by atoms with van der Waals surface area (Å²) in [5.41, 5.74) is -0.864. The Morgan fingerprint density at radius 2 is 2.11 bits per heavy atom. The van der Waals surface area contributed by atoms with E-state index in [1.54, 1.807) is 14.0 Å². The van der Waals surface area contributed by atoms with E-state index in [4.69, 9.17) is 4.74 Å². The molecule has 0 aromatic heterocycles. The first-order chi connectivity index (χ1) is 8.77. The Morgan fingerprint density at radius 1 is 1.42 bits per heavy atom. The number of nitrogens with one attached hydrogen (secondary N) is 1. The Bertz CT molecular complexity index is 367. The molecule has 6 heteroatoms. The number of sulfone groups is 1. The lowest BCUT2D eigenvalue weighted by Gasteiger charge is -2.38. The van der Waals surface area contributed by atoms with Crippen LogP contribution in [0.15, 0.2) is 0 Å². The van der Waals surface area contributed by atoms with Crippen molar-refractivity contribution in [2.24, 2.45) is 5.92 Å². The van der Waals surface area contributed by atoms with E-state index in [9.17, 15) is 13.5 Å². The molecule has 0 bridgehead atoms. The summed E-state index contributed by atoms with van der Waals surface area (Å²) in [6, 6.07) is 0. The monoisotopic (exact) mass is 293 g/mol. The zero-order valence-electron chi connectivity index (χ0n) is 12.2. The second kappa shape index (κ2) is 7.02. The highest BCUT2D eigenvalue weighted by Crippen LogP contribution is 2.35. The minimum atomic E-state index is -3.00. The van der Waals surface area contributed by atoms with E-state index < -0.39 is 15.4 Å². The van der Waals surface area contributed by atoms with Crippen LogP contribution in [0.2, 0.25) is 0 Å². The highest BCUT2D eigenvalue weighted by Gasteiger charge is 2.38. The van der Waals surface area contributed by atoms with Gasteiger partial charge in [-0.2, -0.15) is 0 Å². The van der Waals surface area contributed by atoms with Gasteiger partial charge in [0.15, 0.2) is 0 Å². The first-order valence-electron chi connectivity index (χ1n) is 6.88. The second-order valence-electron chi connectivity index (χ2n) is 5.84. The van der Waals surface area contributed by atoms with E-state index in [-0.39, 0.29) is 11.2 Å². The molecule has 0 amide bonds. The van der Waals surface area contributed by atoms with Crippen LogP contribution in [0, 0.1) is 5.92 Å². The van der Waals surface area contributed by atoms with Crippen molar-refractivity contribution >= 4 is 9.84 Å². The van der Waals surface area contributed by atoms with E-state index in [1.807, 2.05) is 0 Å². The molecule has 0 saturated heterocycles. The first kappa shape index (κ1) is 16.9. The van der Waals surface area contributed by atoms with Gasteiger partial charge in [-0.05, 0) is 32.1 Å². The Hall–Kier alpha value is -0.170. The van der Waals surface area contributed by atoms with Crippen molar-refractivity contribution in [3.63, 3.8) is 0 Å². The number of methoxy groups -OCH3 is 1. The molecule has 0 aliphatic heterocycles. The molecule has 1 aliphatic carbocycles. The molecule has 3 atom stereocenters. The van der Waals surface area contributed by atoms with E-state index in [1.165, 1.54) is 6.26 Å². The van der Waals surface area contributed by atoms with Crippen LogP contribution in [-0.4, -0.2) is 57.4 Å². The topological polar surface area (TPSA) is 75.6 Å². The Kier molecular flexibility index (Phi) is 6.23. The second-order valence-corrected chi connectivity index (χ2v) is 8.17. The highest BCUT2D eigenvalue weighted by atomic mass is 32.2. The Morgan fingerprint density at radius 3 is 2.68 bits per heavy atom. The summed E-state index contributed by atoms with van der Waals surface area (Å²) >= 11 is 0. The summed E-state index contributed by atoms with van der Waals surface area (Å²) in [4.78, 5) is 0. The fraction of sp³-hybridized carbons (Fsp3) is 1.00. The molecule has 19 heavy (non-hydrogen) atoms. The third kappa shape index (κ3) is 5.38. The van der Waals surface area contributed by atoms with Crippen LogP contribution in [0.4, 0.5) is 0 Å². The van der Waals surface area contributed by atoms with Crippen LogP contribution in [0.25, 0.3) is 0 Å². The van der Waals surface area contributed by atoms with Crippen molar-refractivity contribution < 1.29 is 18.3 Å². The van der Waals surface area contributed by atoms with Crippen LogP contribution >= 0.6 is 0 Å². The zero-order valence-corrected chi connectivity index (χ0v) is 13.0. The maximum Gasteiger partial charge on any atom is 0.150 e. The summed E-state index contributed by atoms with van der Waals surface area (Å²) in [5.74, 6) is 0.0380. The van der Waals surface area contributed by atoms with E-state index >= 15 is 0 Å². The lowest BCUT2D eigenvalue weighted by atomic mass is 9.77. The van der Waals surface area contributed by atoms with Crippen molar-refractivity contribution in [3.05, 3.63) is 0 Å².